The highest BCUT2D eigenvalue weighted by Crippen LogP contribution is 2.19. The molecule has 0 aliphatic rings. The van der Waals surface area contributed by atoms with E-state index in [0.29, 0.717) is 16.1 Å². The van der Waals surface area contributed by atoms with E-state index in [1.165, 1.54) is 18.4 Å². The molecule has 1 aromatic heterocycles. The molecule has 0 aliphatic carbocycles. The zero-order chi connectivity index (χ0) is 13.8. The maximum absolute atomic E-state index is 12.0. The van der Waals surface area contributed by atoms with Crippen LogP contribution in [-0.4, -0.2) is 19.0 Å². The summed E-state index contributed by atoms with van der Waals surface area (Å²) in [5, 5.41) is 4.63. The van der Waals surface area contributed by atoms with Crippen molar-refractivity contribution >= 4 is 28.9 Å². The number of methoxy groups -OCH3 is 1. The lowest BCUT2D eigenvalue weighted by Crippen LogP contribution is -2.14. The number of hydrogen-bond donors (Lipinski definition) is 1. The monoisotopic (exact) mass is 275 g/mol. The Kier molecular flexibility index (Phi) is 3.97. The molecule has 0 fully saturated rings. The fourth-order valence-electron chi connectivity index (χ4n) is 1.61. The van der Waals surface area contributed by atoms with Crippen molar-refractivity contribution < 1.29 is 14.3 Å². The smallest absolute Gasteiger partial charge is 0.339 e. The largest absolute Gasteiger partial charge is 0.465 e. The number of anilines is 1. The van der Waals surface area contributed by atoms with Crippen molar-refractivity contribution in [1.82, 2.24) is 0 Å². The van der Waals surface area contributed by atoms with Crippen molar-refractivity contribution in [2.24, 2.45) is 0 Å². The number of rotatable bonds is 3. The lowest BCUT2D eigenvalue weighted by molar-refractivity contribution is 0.0602. The summed E-state index contributed by atoms with van der Waals surface area (Å²) in [5.74, 6) is -0.701. The number of para-hydroxylation sites is 1. The average Bonchev–Trinajstić information content (AvgIpc) is 2.85. The van der Waals surface area contributed by atoms with Crippen molar-refractivity contribution in [3.8, 4) is 0 Å². The molecule has 19 heavy (non-hydrogen) atoms. The fourth-order valence-corrected chi connectivity index (χ4v) is 2.41. The maximum Gasteiger partial charge on any atom is 0.339 e. The van der Waals surface area contributed by atoms with Crippen molar-refractivity contribution in [3.63, 3.8) is 0 Å². The molecule has 0 radical (unpaired) electrons. The number of amides is 1. The van der Waals surface area contributed by atoms with Crippen LogP contribution in [0.4, 0.5) is 5.69 Å². The van der Waals surface area contributed by atoms with Gasteiger partial charge >= 0.3 is 5.97 Å². The Morgan fingerprint density at radius 3 is 2.63 bits per heavy atom. The summed E-state index contributed by atoms with van der Waals surface area (Å²) in [4.78, 5) is 24.2. The Morgan fingerprint density at radius 2 is 2.00 bits per heavy atom. The SMILES string of the molecule is COC(=O)c1ccccc1NC(=O)c1cc(C)cs1. The molecule has 0 atom stereocenters. The van der Waals surface area contributed by atoms with Gasteiger partial charge in [-0.2, -0.15) is 0 Å². The van der Waals surface area contributed by atoms with Crippen LogP contribution in [-0.2, 0) is 4.74 Å². The number of hydrogen-bond acceptors (Lipinski definition) is 4. The number of esters is 1. The molecule has 0 unspecified atom stereocenters. The van der Waals surface area contributed by atoms with E-state index in [1.807, 2.05) is 12.3 Å². The zero-order valence-electron chi connectivity index (χ0n) is 10.6. The van der Waals surface area contributed by atoms with Gasteiger partial charge in [-0.05, 0) is 36.1 Å². The van der Waals surface area contributed by atoms with Gasteiger partial charge in [-0.3, -0.25) is 4.79 Å². The molecule has 2 aromatic rings. The number of nitrogens with one attached hydrogen (secondary N) is 1. The van der Waals surface area contributed by atoms with E-state index in [1.54, 1.807) is 30.3 Å². The standard InChI is InChI=1S/C14H13NO3S/c1-9-7-12(19-8-9)13(16)15-11-6-4-3-5-10(11)14(17)18-2/h3-8H,1-2H3,(H,15,16). The number of carbonyl (C=O) groups excluding carboxylic acids is 2. The quantitative estimate of drug-likeness (QED) is 0.876. The Labute approximate surface area is 115 Å². The predicted molar refractivity (Wildman–Crippen MR) is 74.8 cm³/mol. The van der Waals surface area contributed by atoms with Gasteiger partial charge in [0.25, 0.3) is 5.91 Å². The van der Waals surface area contributed by atoms with Gasteiger partial charge in [0, 0.05) is 0 Å². The number of benzene rings is 1. The second-order valence-corrected chi connectivity index (χ2v) is 4.89. The Morgan fingerprint density at radius 1 is 1.26 bits per heavy atom. The Balaban J connectivity index is 2.24. The highest BCUT2D eigenvalue weighted by molar-refractivity contribution is 7.12. The van der Waals surface area contributed by atoms with Crippen LogP contribution < -0.4 is 5.32 Å². The molecule has 98 valence electrons. The van der Waals surface area contributed by atoms with E-state index in [4.69, 9.17) is 0 Å². The third kappa shape index (κ3) is 3.00. The first-order chi connectivity index (χ1) is 9.11. The second kappa shape index (κ2) is 5.67. The molecule has 0 saturated heterocycles. The molecular formula is C14H13NO3S. The highest BCUT2D eigenvalue weighted by Gasteiger charge is 2.14. The van der Waals surface area contributed by atoms with Crippen LogP contribution in [0.1, 0.15) is 25.6 Å². The maximum atomic E-state index is 12.0. The minimum Gasteiger partial charge on any atom is -0.465 e. The van der Waals surface area contributed by atoms with Crippen molar-refractivity contribution in [2.75, 3.05) is 12.4 Å². The average molecular weight is 275 g/mol. The third-order valence-electron chi connectivity index (χ3n) is 2.53. The van der Waals surface area contributed by atoms with E-state index in [2.05, 4.69) is 10.1 Å². The lowest BCUT2D eigenvalue weighted by atomic mass is 10.2. The molecule has 2 rings (SSSR count). The molecule has 0 aliphatic heterocycles. The van der Waals surface area contributed by atoms with E-state index in [9.17, 15) is 9.59 Å². The molecule has 4 nitrogen and oxygen atoms in total. The third-order valence-corrected chi connectivity index (χ3v) is 3.58. The van der Waals surface area contributed by atoms with Crippen LogP contribution in [0.3, 0.4) is 0 Å². The Hall–Kier alpha value is -2.14. The summed E-state index contributed by atoms with van der Waals surface area (Å²) in [6.07, 6.45) is 0. The Bertz CT molecular complexity index is 619. The van der Waals surface area contributed by atoms with Crippen molar-refractivity contribution in [2.45, 2.75) is 6.92 Å². The van der Waals surface area contributed by atoms with Crippen molar-refractivity contribution in [1.29, 1.82) is 0 Å². The molecule has 1 N–H and O–H groups in total. The fraction of sp³-hybridized carbons (Fsp3) is 0.143. The summed E-state index contributed by atoms with van der Waals surface area (Å²) >= 11 is 1.37. The minimum atomic E-state index is -0.474. The molecule has 0 saturated carbocycles. The summed E-state index contributed by atoms with van der Waals surface area (Å²) in [6.45, 7) is 1.93. The molecular weight excluding hydrogens is 262 g/mol. The number of thiophene rings is 1. The van der Waals surface area contributed by atoms with Gasteiger partial charge in [-0.15, -0.1) is 11.3 Å². The van der Waals surface area contributed by atoms with Gasteiger partial charge in [-0.25, -0.2) is 4.79 Å². The molecule has 1 aromatic carbocycles. The van der Waals surface area contributed by atoms with Gasteiger partial charge < -0.3 is 10.1 Å². The predicted octanol–water partition coefficient (Wildman–Crippen LogP) is 3.10. The molecule has 1 amide bonds. The van der Waals surface area contributed by atoms with Crippen LogP contribution in [0.15, 0.2) is 35.7 Å². The number of carbonyl (C=O) groups is 2. The molecule has 5 heteroatoms. The lowest BCUT2D eigenvalue weighted by Gasteiger charge is -2.08. The molecule has 0 bridgehead atoms. The van der Waals surface area contributed by atoms with E-state index in [-0.39, 0.29) is 5.91 Å². The van der Waals surface area contributed by atoms with Crippen LogP contribution in [0, 0.1) is 6.92 Å². The minimum absolute atomic E-state index is 0.227. The van der Waals surface area contributed by atoms with Crippen LogP contribution in [0.2, 0.25) is 0 Å². The van der Waals surface area contributed by atoms with E-state index >= 15 is 0 Å². The van der Waals surface area contributed by atoms with Crippen LogP contribution >= 0.6 is 11.3 Å². The normalized spacial score (nSPS) is 10.0. The summed E-state index contributed by atoms with van der Waals surface area (Å²) in [7, 11) is 1.31. The summed E-state index contributed by atoms with van der Waals surface area (Å²) in [5.41, 5.74) is 1.83. The van der Waals surface area contributed by atoms with Gasteiger partial charge in [-0.1, -0.05) is 12.1 Å². The van der Waals surface area contributed by atoms with Crippen LogP contribution in [0.25, 0.3) is 0 Å². The second-order valence-electron chi connectivity index (χ2n) is 3.98. The number of aryl methyl sites for hydroxylation is 1. The first-order valence-corrected chi connectivity index (χ1v) is 6.53. The summed E-state index contributed by atoms with van der Waals surface area (Å²) < 4.78 is 4.68. The van der Waals surface area contributed by atoms with E-state index in [0.717, 1.165) is 5.56 Å². The zero-order valence-corrected chi connectivity index (χ0v) is 11.4. The van der Waals surface area contributed by atoms with Crippen molar-refractivity contribution in [3.05, 3.63) is 51.7 Å². The van der Waals surface area contributed by atoms with Gasteiger partial charge in [0.1, 0.15) is 0 Å². The van der Waals surface area contributed by atoms with Crippen LogP contribution in [0.5, 0.6) is 0 Å². The first-order valence-electron chi connectivity index (χ1n) is 5.65. The molecule has 0 spiro atoms. The number of ether oxygens (including phenoxy) is 1. The van der Waals surface area contributed by atoms with Gasteiger partial charge in [0.2, 0.25) is 0 Å². The van der Waals surface area contributed by atoms with Gasteiger partial charge in [0.15, 0.2) is 0 Å². The topological polar surface area (TPSA) is 55.4 Å². The first kappa shape index (κ1) is 13.3. The summed E-state index contributed by atoms with van der Waals surface area (Å²) in [6, 6.07) is 8.56. The highest BCUT2D eigenvalue weighted by atomic mass is 32.1. The molecule has 1 heterocycles. The van der Waals surface area contributed by atoms with Gasteiger partial charge in [0.05, 0.1) is 23.2 Å². The van der Waals surface area contributed by atoms with E-state index < -0.39 is 5.97 Å².